The molecule has 0 spiro atoms. The molecule has 1 aliphatic rings. The van der Waals surface area contributed by atoms with E-state index in [2.05, 4.69) is 60.4 Å². The van der Waals surface area contributed by atoms with Crippen molar-refractivity contribution in [3.05, 3.63) is 35.5 Å². The number of aromatic amines is 1. The maximum absolute atomic E-state index is 3.43. The second kappa shape index (κ2) is 4.66. The third kappa shape index (κ3) is 2.17. The van der Waals surface area contributed by atoms with Gasteiger partial charge in [-0.15, -0.1) is 0 Å². The smallest absolute Gasteiger partial charge is 0.0456 e. The number of hydrogen-bond acceptors (Lipinski definition) is 2. The second-order valence-corrected chi connectivity index (χ2v) is 6.03. The molecule has 3 heteroatoms. The van der Waals surface area contributed by atoms with Gasteiger partial charge in [0.25, 0.3) is 0 Å². The van der Waals surface area contributed by atoms with Crippen molar-refractivity contribution in [3.63, 3.8) is 0 Å². The molecule has 19 heavy (non-hydrogen) atoms. The van der Waals surface area contributed by atoms with E-state index >= 15 is 0 Å². The van der Waals surface area contributed by atoms with Gasteiger partial charge in [0, 0.05) is 48.8 Å². The van der Waals surface area contributed by atoms with Crippen LogP contribution in [0.2, 0.25) is 0 Å². The van der Waals surface area contributed by atoms with Crippen LogP contribution in [0, 0.1) is 6.92 Å². The standard InChI is InChI=1S/C16H23N3/c1-12-11-18-15-5-4-13(10-14(12)15)16(2,3)19-8-6-17-7-9-19/h4-5,10-11,17-18H,6-9H2,1-3H3. The molecular formula is C16H23N3. The number of aromatic nitrogens is 1. The summed E-state index contributed by atoms with van der Waals surface area (Å²) in [6.07, 6.45) is 2.09. The van der Waals surface area contributed by atoms with Crippen molar-refractivity contribution in [1.82, 2.24) is 15.2 Å². The first-order valence-electron chi connectivity index (χ1n) is 7.13. The lowest BCUT2D eigenvalue weighted by molar-refractivity contribution is 0.103. The minimum Gasteiger partial charge on any atom is -0.361 e. The second-order valence-electron chi connectivity index (χ2n) is 6.03. The van der Waals surface area contributed by atoms with Gasteiger partial charge >= 0.3 is 0 Å². The summed E-state index contributed by atoms with van der Waals surface area (Å²) in [5, 5.41) is 4.77. The van der Waals surface area contributed by atoms with Crippen LogP contribution in [0.25, 0.3) is 10.9 Å². The van der Waals surface area contributed by atoms with E-state index in [0.717, 1.165) is 26.2 Å². The topological polar surface area (TPSA) is 31.1 Å². The first kappa shape index (κ1) is 12.7. The van der Waals surface area contributed by atoms with Crippen molar-refractivity contribution >= 4 is 10.9 Å². The molecule has 0 radical (unpaired) electrons. The number of nitrogens with one attached hydrogen (secondary N) is 2. The monoisotopic (exact) mass is 257 g/mol. The van der Waals surface area contributed by atoms with Gasteiger partial charge in [-0.05, 0) is 44.0 Å². The predicted molar refractivity (Wildman–Crippen MR) is 80.5 cm³/mol. The third-order valence-corrected chi connectivity index (χ3v) is 4.50. The van der Waals surface area contributed by atoms with Crippen molar-refractivity contribution in [1.29, 1.82) is 0 Å². The van der Waals surface area contributed by atoms with Crippen molar-refractivity contribution in [2.24, 2.45) is 0 Å². The Morgan fingerprint density at radius 3 is 2.63 bits per heavy atom. The fraction of sp³-hybridized carbons (Fsp3) is 0.500. The Morgan fingerprint density at radius 2 is 1.89 bits per heavy atom. The number of piperazine rings is 1. The minimum absolute atomic E-state index is 0.0972. The maximum Gasteiger partial charge on any atom is 0.0456 e. The lowest BCUT2D eigenvalue weighted by Gasteiger charge is -2.41. The zero-order chi connectivity index (χ0) is 13.5. The normalized spacial score (nSPS) is 18.1. The molecule has 1 saturated heterocycles. The number of hydrogen-bond donors (Lipinski definition) is 2. The Labute approximate surface area is 115 Å². The molecule has 102 valence electrons. The molecule has 1 aromatic heterocycles. The summed E-state index contributed by atoms with van der Waals surface area (Å²) in [4.78, 5) is 5.90. The van der Waals surface area contributed by atoms with Gasteiger partial charge in [0.2, 0.25) is 0 Å². The van der Waals surface area contributed by atoms with E-state index in [1.807, 2.05) is 0 Å². The van der Waals surface area contributed by atoms with Gasteiger partial charge in [-0.1, -0.05) is 6.07 Å². The Balaban J connectivity index is 1.99. The van der Waals surface area contributed by atoms with Crippen molar-refractivity contribution in [3.8, 4) is 0 Å². The van der Waals surface area contributed by atoms with Gasteiger partial charge in [-0.25, -0.2) is 0 Å². The molecule has 0 unspecified atom stereocenters. The Morgan fingerprint density at radius 1 is 1.16 bits per heavy atom. The molecule has 2 aromatic rings. The van der Waals surface area contributed by atoms with E-state index in [1.54, 1.807) is 0 Å². The number of aryl methyl sites for hydroxylation is 1. The van der Waals surface area contributed by atoms with Gasteiger partial charge in [0.1, 0.15) is 0 Å². The Kier molecular flexibility index (Phi) is 3.11. The molecule has 3 nitrogen and oxygen atoms in total. The third-order valence-electron chi connectivity index (χ3n) is 4.50. The molecular weight excluding hydrogens is 234 g/mol. The SMILES string of the molecule is Cc1c[nH]c2ccc(C(C)(C)N3CCNCC3)cc12. The molecule has 0 amide bonds. The average molecular weight is 257 g/mol. The number of rotatable bonds is 2. The summed E-state index contributed by atoms with van der Waals surface area (Å²) in [5.41, 5.74) is 4.06. The fourth-order valence-electron chi connectivity index (χ4n) is 3.05. The lowest BCUT2D eigenvalue weighted by Crippen LogP contribution is -2.51. The molecule has 0 aliphatic carbocycles. The predicted octanol–water partition coefficient (Wildman–Crippen LogP) is 2.62. The Bertz CT molecular complexity index is 577. The van der Waals surface area contributed by atoms with E-state index in [0.29, 0.717) is 0 Å². The summed E-state index contributed by atoms with van der Waals surface area (Å²) in [7, 11) is 0. The zero-order valence-corrected chi connectivity index (χ0v) is 12.1. The van der Waals surface area contributed by atoms with Crippen molar-refractivity contribution in [2.45, 2.75) is 26.3 Å². The van der Waals surface area contributed by atoms with Crippen LogP contribution < -0.4 is 5.32 Å². The molecule has 1 aromatic carbocycles. The van der Waals surface area contributed by atoms with Gasteiger partial charge < -0.3 is 10.3 Å². The molecule has 3 rings (SSSR count). The van der Waals surface area contributed by atoms with Crippen LogP contribution in [-0.2, 0) is 5.54 Å². The first-order valence-corrected chi connectivity index (χ1v) is 7.13. The van der Waals surface area contributed by atoms with Crippen LogP contribution in [-0.4, -0.2) is 36.1 Å². The highest BCUT2D eigenvalue weighted by Gasteiger charge is 2.29. The quantitative estimate of drug-likeness (QED) is 0.866. The number of nitrogens with zero attached hydrogens (tertiary/aromatic N) is 1. The van der Waals surface area contributed by atoms with Gasteiger partial charge in [0.05, 0.1) is 0 Å². The van der Waals surface area contributed by atoms with Crippen LogP contribution in [0.3, 0.4) is 0 Å². The number of benzene rings is 1. The van der Waals surface area contributed by atoms with Gasteiger partial charge in [-0.3, -0.25) is 4.90 Å². The van der Waals surface area contributed by atoms with Crippen LogP contribution >= 0.6 is 0 Å². The van der Waals surface area contributed by atoms with Crippen LogP contribution in [0.5, 0.6) is 0 Å². The van der Waals surface area contributed by atoms with Crippen LogP contribution in [0.4, 0.5) is 0 Å². The average Bonchev–Trinajstić information content (AvgIpc) is 2.81. The summed E-state index contributed by atoms with van der Waals surface area (Å²) in [6, 6.07) is 6.82. The zero-order valence-electron chi connectivity index (χ0n) is 12.1. The maximum atomic E-state index is 3.43. The highest BCUT2D eigenvalue weighted by Crippen LogP contribution is 2.31. The first-order chi connectivity index (χ1) is 9.09. The molecule has 0 saturated carbocycles. The molecule has 0 atom stereocenters. The number of fused-ring (bicyclic) bond motifs is 1. The van der Waals surface area contributed by atoms with E-state index in [-0.39, 0.29) is 5.54 Å². The molecule has 2 N–H and O–H groups in total. The van der Waals surface area contributed by atoms with E-state index in [1.165, 1.54) is 22.0 Å². The summed E-state index contributed by atoms with van der Waals surface area (Å²) >= 11 is 0. The minimum atomic E-state index is 0.0972. The van der Waals surface area contributed by atoms with Gasteiger partial charge in [-0.2, -0.15) is 0 Å². The number of H-pyrrole nitrogens is 1. The molecule has 1 fully saturated rings. The van der Waals surface area contributed by atoms with Crippen LogP contribution in [0.15, 0.2) is 24.4 Å². The largest absolute Gasteiger partial charge is 0.361 e. The fourth-order valence-corrected chi connectivity index (χ4v) is 3.05. The molecule has 2 heterocycles. The summed E-state index contributed by atoms with van der Waals surface area (Å²) in [6.45, 7) is 11.3. The van der Waals surface area contributed by atoms with Gasteiger partial charge in [0.15, 0.2) is 0 Å². The van der Waals surface area contributed by atoms with E-state index in [4.69, 9.17) is 0 Å². The molecule has 0 bridgehead atoms. The highest BCUT2D eigenvalue weighted by molar-refractivity contribution is 5.83. The molecule has 1 aliphatic heterocycles. The van der Waals surface area contributed by atoms with E-state index in [9.17, 15) is 0 Å². The lowest BCUT2D eigenvalue weighted by atomic mass is 9.90. The van der Waals surface area contributed by atoms with E-state index < -0.39 is 0 Å². The summed E-state index contributed by atoms with van der Waals surface area (Å²) < 4.78 is 0. The summed E-state index contributed by atoms with van der Waals surface area (Å²) in [5.74, 6) is 0. The van der Waals surface area contributed by atoms with Crippen LogP contribution in [0.1, 0.15) is 25.0 Å². The van der Waals surface area contributed by atoms with Crippen molar-refractivity contribution < 1.29 is 0 Å². The Hall–Kier alpha value is -1.32. The van der Waals surface area contributed by atoms with Crippen molar-refractivity contribution in [2.75, 3.05) is 26.2 Å². The highest BCUT2D eigenvalue weighted by atomic mass is 15.2.